The Morgan fingerprint density at radius 1 is 0.830 bits per heavy atom. The van der Waals surface area contributed by atoms with Crippen LogP contribution in [-0.4, -0.2) is 20.9 Å². The number of fused-ring (bicyclic) bond motifs is 6. The number of ketones is 1. The molecular formula is C47H57IrN2O3-. The summed E-state index contributed by atoms with van der Waals surface area (Å²) in [5, 5.41) is 16.8. The van der Waals surface area contributed by atoms with Crippen molar-refractivity contribution in [1.82, 2.24) is 9.97 Å². The van der Waals surface area contributed by atoms with Gasteiger partial charge in [0, 0.05) is 58.9 Å². The summed E-state index contributed by atoms with van der Waals surface area (Å²) < 4.78 is 6.41. The van der Waals surface area contributed by atoms with Gasteiger partial charge in [-0.3, -0.25) is 9.78 Å². The first kappa shape index (κ1) is 41.9. The standard InChI is InChI=1S/C32H29N2O.C15H28O2.Ir/c1-19(2)14-20-10-11-21-12-13-25-28-29(33-18-34-31(28)35-30(25)26(21)15-20)23-16-22-8-6-7-9-24(22)27(17-23)32(3,4)5;1-7-14(5,8-2)12(16)11-13(17)15(6,9-3)10-4;/h6-13,15,17-19H,14H2,1-5H3;11,16H,7-10H2,1-6H3;/q-1;;/b;12-11-;. The van der Waals surface area contributed by atoms with Crippen LogP contribution >= 0.6 is 0 Å². The van der Waals surface area contributed by atoms with E-state index in [4.69, 9.17) is 9.40 Å². The molecule has 6 aromatic rings. The van der Waals surface area contributed by atoms with Crippen LogP contribution < -0.4 is 0 Å². The zero-order chi connectivity index (χ0) is 38.0. The first-order valence-corrected chi connectivity index (χ1v) is 19.1. The van der Waals surface area contributed by atoms with Gasteiger partial charge in [-0.15, -0.1) is 29.1 Å². The van der Waals surface area contributed by atoms with Crippen LogP contribution in [0.3, 0.4) is 0 Å². The molecule has 0 saturated carbocycles. The first-order valence-electron chi connectivity index (χ1n) is 19.1. The number of nitrogens with zero attached hydrogens (tertiary/aromatic N) is 2. The number of allylic oxidation sites excluding steroid dienone is 2. The van der Waals surface area contributed by atoms with Gasteiger partial charge in [-0.25, -0.2) is 4.98 Å². The van der Waals surface area contributed by atoms with E-state index in [-0.39, 0.29) is 47.9 Å². The Labute approximate surface area is 330 Å². The maximum atomic E-state index is 12.2. The van der Waals surface area contributed by atoms with Crippen molar-refractivity contribution in [1.29, 1.82) is 0 Å². The number of carbonyl (C=O) groups is 1. The van der Waals surface area contributed by atoms with Crippen LogP contribution in [0.15, 0.2) is 83.2 Å². The van der Waals surface area contributed by atoms with Gasteiger partial charge in [0.25, 0.3) is 0 Å². The average molecular weight is 890 g/mol. The van der Waals surface area contributed by atoms with Crippen molar-refractivity contribution in [2.75, 3.05) is 0 Å². The summed E-state index contributed by atoms with van der Waals surface area (Å²) in [6.45, 7) is 23.3. The van der Waals surface area contributed by atoms with Crippen LogP contribution in [0.25, 0.3) is 54.9 Å². The van der Waals surface area contributed by atoms with Gasteiger partial charge >= 0.3 is 0 Å². The van der Waals surface area contributed by atoms with E-state index in [1.165, 1.54) is 28.0 Å². The Bertz CT molecular complexity index is 2250. The van der Waals surface area contributed by atoms with Gasteiger partial charge in [-0.1, -0.05) is 130 Å². The summed E-state index contributed by atoms with van der Waals surface area (Å²) in [6, 6.07) is 25.4. The van der Waals surface area contributed by atoms with Crippen molar-refractivity contribution < 1.29 is 34.4 Å². The summed E-state index contributed by atoms with van der Waals surface area (Å²) in [5.41, 5.74) is 5.31. The number of benzene rings is 4. The Morgan fingerprint density at radius 3 is 2.09 bits per heavy atom. The van der Waals surface area contributed by atoms with Gasteiger partial charge in [0.15, 0.2) is 5.78 Å². The molecule has 6 rings (SSSR count). The summed E-state index contributed by atoms with van der Waals surface area (Å²) in [7, 11) is 0. The van der Waals surface area contributed by atoms with Gasteiger partial charge in [-0.05, 0) is 60.5 Å². The topological polar surface area (TPSA) is 76.2 Å². The Balaban J connectivity index is 0.000000299. The number of hydrogen-bond acceptors (Lipinski definition) is 5. The van der Waals surface area contributed by atoms with E-state index in [9.17, 15) is 9.90 Å². The van der Waals surface area contributed by atoms with Gasteiger partial charge in [0.1, 0.15) is 17.7 Å². The van der Waals surface area contributed by atoms with Crippen LogP contribution in [0.1, 0.15) is 113 Å². The number of aliphatic hydroxyl groups is 1. The monoisotopic (exact) mass is 890 g/mol. The molecule has 6 heteroatoms. The number of furan rings is 1. The minimum Gasteiger partial charge on any atom is -0.512 e. The number of aromatic nitrogens is 2. The third kappa shape index (κ3) is 8.60. The zero-order valence-electron chi connectivity index (χ0n) is 33.5. The second kappa shape index (κ2) is 16.7. The minimum atomic E-state index is -0.337. The SMILES string of the molecule is CC(C)Cc1ccc2ccc3c(oc4ncnc(-c5[c-]c6ccccc6c(C(C)(C)C)c5)c43)c2c1.CCC(C)(CC)C(=O)/C=C(\O)C(C)(CC)CC.[Ir]. The smallest absolute Gasteiger partial charge is 0.223 e. The third-order valence-corrected chi connectivity index (χ3v) is 11.4. The first-order chi connectivity index (χ1) is 24.6. The average Bonchev–Trinajstić information content (AvgIpc) is 3.53. The van der Waals surface area contributed by atoms with Crippen LogP contribution in [0.2, 0.25) is 0 Å². The van der Waals surface area contributed by atoms with Gasteiger partial charge in [-0.2, -0.15) is 0 Å². The number of carbonyl (C=O) groups excluding carboxylic acids is 1. The fraction of sp³-hybridized carbons (Fsp3) is 0.426. The molecule has 0 aliphatic carbocycles. The minimum absolute atomic E-state index is 0. The Morgan fingerprint density at radius 2 is 1.47 bits per heavy atom. The molecule has 5 nitrogen and oxygen atoms in total. The molecular weight excluding hydrogens is 833 g/mol. The molecule has 2 heterocycles. The van der Waals surface area contributed by atoms with Crippen LogP contribution in [-0.2, 0) is 36.7 Å². The van der Waals surface area contributed by atoms with Crippen molar-refractivity contribution >= 4 is 49.4 Å². The molecule has 0 atom stereocenters. The largest absolute Gasteiger partial charge is 0.512 e. The molecule has 4 aromatic carbocycles. The van der Waals surface area contributed by atoms with Crippen LogP contribution in [0, 0.1) is 22.8 Å². The van der Waals surface area contributed by atoms with E-state index in [2.05, 4.69) is 106 Å². The fourth-order valence-corrected chi connectivity index (χ4v) is 6.90. The third-order valence-electron chi connectivity index (χ3n) is 11.4. The second-order valence-corrected chi connectivity index (χ2v) is 16.4. The summed E-state index contributed by atoms with van der Waals surface area (Å²) >= 11 is 0. The zero-order valence-corrected chi connectivity index (χ0v) is 35.9. The van der Waals surface area contributed by atoms with Crippen molar-refractivity contribution in [3.05, 3.63) is 96.0 Å². The van der Waals surface area contributed by atoms with E-state index >= 15 is 0 Å². The van der Waals surface area contributed by atoms with E-state index in [0.717, 1.165) is 70.5 Å². The molecule has 53 heavy (non-hydrogen) atoms. The second-order valence-electron chi connectivity index (χ2n) is 16.4. The fourth-order valence-electron chi connectivity index (χ4n) is 6.90. The molecule has 0 fully saturated rings. The predicted molar refractivity (Wildman–Crippen MR) is 219 cm³/mol. The number of rotatable bonds is 10. The van der Waals surface area contributed by atoms with Crippen molar-refractivity contribution in [2.24, 2.45) is 16.7 Å². The molecule has 0 unspecified atom stereocenters. The summed E-state index contributed by atoms with van der Waals surface area (Å²) in [5.74, 6) is 0.883. The van der Waals surface area contributed by atoms with E-state index in [1.54, 1.807) is 6.33 Å². The molecule has 0 amide bonds. The van der Waals surface area contributed by atoms with E-state index in [1.807, 2.05) is 41.5 Å². The quantitative estimate of drug-likeness (QED) is 0.0842. The van der Waals surface area contributed by atoms with Crippen molar-refractivity contribution in [3.8, 4) is 11.3 Å². The molecule has 2 aromatic heterocycles. The predicted octanol–water partition coefficient (Wildman–Crippen LogP) is 13.3. The molecule has 0 saturated heterocycles. The van der Waals surface area contributed by atoms with Crippen molar-refractivity contribution in [2.45, 2.75) is 114 Å². The molecule has 283 valence electrons. The molecule has 0 aliphatic heterocycles. The van der Waals surface area contributed by atoms with E-state index in [0.29, 0.717) is 11.6 Å². The van der Waals surface area contributed by atoms with Gasteiger partial charge in [0.05, 0.1) is 0 Å². The molecule has 0 bridgehead atoms. The summed E-state index contributed by atoms with van der Waals surface area (Å²) in [4.78, 5) is 21.5. The number of aliphatic hydroxyl groups excluding tert-OH is 1. The van der Waals surface area contributed by atoms with Gasteiger partial charge < -0.3 is 9.52 Å². The Kier molecular flexibility index (Phi) is 13.2. The van der Waals surface area contributed by atoms with Crippen LogP contribution in [0.4, 0.5) is 0 Å². The van der Waals surface area contributed by atoms with Crippen molar-refractivity contribution in [3.63, 3.8) is 0 Å². The maximum absolute atomic E-state index is 12.2. The van der Waals surface area contributed by atoms with E-state index < -0.39 is 0 Å². The molecule has 1 N–H and O–H groups in total. The van der Waals surface area contributed by atoms with Gasteiger partial charge in [0.2, 0.25) is 5.71 Å². The molecule has 0 aliphatic rings. The normalized spacial score (nSPS) is 12.7. The number of hydrogen-bond donors (Lipinski definition) is 1. The maximum Gasteiger partial charge on any atom is 0.223 e. The Hall–Kier alpha value is -3.86. The molecule has 1 radical (unpaired) electrons. The summed E-state index contributed by atoms with van der Waals surface area (Å²) in [6.07, 6.45) is 7.40. The van der Waals surface area contributed by atoms with Crippen LogP contribution in [0.5, 0.6) is 0 Å². The molecule has 0 spiro atoms.